The highest BCUT2D eigenvalue weighted by Crippen LogP contribution is 2.30. The van der Waals surface area contributed by atoms with Gasteiger partial charge in [0.05, 0.1) is 41.7 Å². The molecule has 10 heteroatoms. The Morgan fingerprint density at radius 2 is 2.09 bits per heavy atom. The molecule has 4 heterocycles. The summed E-state index contributed by atoms with van der Waals surface area (Å²) in [5.41, 5.74) is 14.5. The number of imidazole rings is 1. The minimum Gasteiger partial charge on any atom is -0.394 e. The maximum atomic E-state index is 11.6. The van der Waals surface area contributed by atoms with E-state index in [0.717, 1.165) is 33.4 Å². The van der Waals surface area contributed by atoms with E-state index < -0.39 is 0 Å². The van der Waals surface area contributed by atoms with Gasteiger partial charge in [0.25, 0.3) is 0 Å². The summed E-state index contributed by atoms with van der Waals surface area (Å²) in [5, 5.41) is 17.6. The Labute approximate surface area is 183 Å². The number of H-pyrrole nitrogens is 1. The van der Waals surface area contributed by atoms with Crippen LogP contribution in [0.5, 0.6) is 0 Å². The number of fused-ring (bicyclic) bond motifs is 1. The van der Waals surface area contributed by atoms with Crippen LogP contribution in [0.2, 0.25) is 0 Å². The van der Waals surface area contributed by atoms with Crippen molar-refractivity contribution in [2.75, 3.05) is 12.3 Å². The Balaban J connectivity index is 1.51. The van der Waals surface area contributed by atoms with Gasteiger partial charge >= 0.3 is 0 Å². The Morgan fingerprint density at radius 3 is 2.91 bits per heavy atom. The molecule has 1 atom stereocenters. The van der Waals surface area contributed by atoms with Crippen molar-refractivity contribution < 1.29 is 9.90 Å². The quantitative estimate of drug-likeness (QED) is 0.380. The van der Waals surface area contributed by atoms with E-state index in [2.05, 4.69) is 25.6 Å². The maximum absolute atomic E-state index is 11.6. The molecule has 0 saturated heterocycles. The van der Waals surface area contributed by atoms with Crippen LogP contribution in [0.15, 0.2) is 48.0 Å². The molecule has 0 aliphatic carbocycles. The summed E-state index contributed by atoms with van der Waals surface area (Å²) in [6.07, 6.45) is 5.68. The van der Waals surface area contributed by atoms with E-state index in [9.17, 15) is 4.79 Å². The second-order valence-corrected chi connectivity index (χ2v) is 7.83. The molecule has 5 rings (SSSR count). The van der Waals surface area contributed by atoms with Crippen LogP contribution >= 0.6 is 0 Å². The molecule has 4 aromatic rings. The Kier molecular flexibility index (Phi) is 4.91. The molecule has 162 valence electrons. The van der Waals surface area contributed by atoms with Crippen LogP contribution in [0.1, 0.15) is 18.9 Å². The summed E-state index contributed by atoms with van der Waals surface area (Å²) in [4.78, 5) is 23.9. The number of nitrogen functional groups attached to an aromatic ring is 1. The van der Waals surface area contributed by atoms with Crippen molar-refractivity contribution in [2.45, 2.75) is 19.9 Å². The highest BCUT2D eigenvalue weighted by Gasteiger charge is 2.22. The third-order valence-electron chi connectivity index (χ3n) is 5.51. The van der Waals surface area contributed by atoms with Gasteiger partial charge in [0.1, 0.15) is 11.6 Å². The number of benzene rings is 1. The summed E-state index contributed by atoms with van der Waals surface area (Å²) in [5.74, 6) is 0.935. The molecular formula is C22H22N8O2. The number of nitrogens with zero attached hydrogens (tertiary/aromatic N) is 5. The van der Waals surface area contributed by atoms with Gasteiger partial charge in [-0.2, -0.15) is 10.2 Å². The van der Waals surface area contributed by atoms with Crippen LogP contribution in [0, 0.1) is 5.92 Å². The molecule has 10 nitrogen and oxygen atoms in total. The summed E-state index contributed by atoms with van der Waals surface area (Å²) in [7, 11) is 0. The van der Waals surface area contributed by atoms with E-state index in [1.807, 2.05) is 37.4 Å². The van der Waals surface area contributed by atoms with Gasteiger partial charge in [0.2, 0.25) is 5.91 Å². The van der Waals surface area contributed by atoms with Crippen LogP contribution in [0.3, 0.4) is 0 Å². The molecule has 0 fully saturated rings. The highest BCUT2D eigenvalue weighted by atomic mass is 16.3. The molecule has 1 unspecified atom stereocenters. The number of aromatic amines is 1. The zero-order valence-corrected chi connectivity index (χ0v) is 17.4. The number of aromatic nitrogens is 5. The lowest BCUT2D eigenvalue weighted by Gasteiger charge is -2.18. The first kappa shape index (κ1) is 19.9. The third kappa shape index (κ3) is 3.60. The van der Waals surface area contributed by atoms with Crippen LogP contribution in [0.25, 0.3) is 33.5 Å². The fourth-order valence-corrected chi connectivity index (χ4v) is 3.86. The highest BCUT2D eigenvalue weighted by molar-refractivity contribution is 6.07. The topological polar surface area (TPSA) is 147 Å². The van der Waals surface area contributed by atoms with Crippen LogP contribution in [-0.2, 0) is 11.3 Å². The van der Waals surface area contributed by atoms with Crippen molar-refractivity contribution in [3.63, 3.8) is 0 Å². The van der Waals surface area contributed by atoms with Crippen molar-refractivity contribution in [3.05, 3.63) is 48.4 Å². The lowest BCUT2D eigenvalue weighted by atomic mass is 9.94. The smallest absolute Gasteiger partial charge is 0.240 e. The van der Waals surface area contributed by atoms with E-state index in [0.29, 0.717) is 30.2 Å². The number of hydrazone groups is 1. The zero-order chi connectivity index (χ0) is 22.2. The SMILES string of the molecule is CC1CC(=O)NN=C1c1ccc2nc(-c3cc(-c4cnn(CCO)c4)cnc3N)[nH]c2c1. The van der Waals surface area contributed by atoms with Crippen molar-refractivity contribution in [2.24, 2.45) is 11.0 Å². The molecule has 32 heavy (non-hydrogen) atoms. The predicted molar refractivity (Wildman–Crippen MR) is 121 cm³/mol. The minimum absolute atomic E-state index is 0.0188. The number of nitrogens with two attached hydrogens (primary N) is 1. The third-order valence-corrected chi connectivity index (χ3v) is 5.51. The van der Waals surface area contributed by atoms with Gasteiger partial charge in [0, 0.05) is 41.4 Å². The second kappa shape index (κ2) is 7.89. The standard InChI is InChI=1S/C22H22N8O2/c1-12-6-19(32)28-29-20(12)13-2-3-17-18(8-13)27-22(26-17)16-7-14(9-24-21(16)23)15-10-25-30(11-15)4-5-31/h2-3,7-12,31H,4-6H2,1H3,(H2,23,24)(H,26,27)(H,28,32). The molecular weight excluding hydrogens is 408 g/mol. The molecule has 3 aromatic heterocycles. The molecule has 1 amide bonds. The number of amides is 1. The molecule has 5 N–H and O–H groups in total. The van der Waals surface area contributed by atoms with Crippen LogP contribution in [0.4, 0.5) is 5.82 Å². The summed E-state index contributed by atoms with van der Waals surface area (Å²) >= 11 is 0. The number of anilines is 1. The first-order valence-electron chi connectivity index (χ1n) is 10.3. The number of pyridine rings is 1. The monoisotopic (exact) mass is 430 g/mol. The van der Waals surface area contributed by atoms with Gasteiger partial charge in [-0.05, 0) is 18.2 Å². The van der Waals surface area contributed by atoms with E-state index in [4.69, 9.17) is 15.8 Å². The summed E-state index contributed by atoms with van der Waals surface area (Å²) < 4.78 is 1.67. The van der Waals surface area contributed by atoms with Gasteiger partial charge in [0.15, 0.2) is 0 Å². The van der Waals surface area contributed by atoms with E-state index in [-0.39, 0.29) is 18.4 Å². The van der Waals surface area contributed by atoms with Crippen molar-refractivity contribution in [1.82, 2.24) is 30.2 Å². The van der Waals surface area contributed by atoms with Gasteiger partial charge in [-0.25, -0.2) is 15.4 Å². The zero-order valence-electron chi connectivity index (χ0n) is 17.4. The van der Waals surface area contributed by atoms with Crippen molar-refractivity contribution in [3.8, 4) is 22.5 Å². The summed E-state index contributed by atoms with van der Waals surface area (Å²) in [6, 6.07) is 7.77. The van der Waals surface area contributed by atoms with E-state index in [1.54, 1.807) is 17.1 Å². The van der Waals surface area contributed by atoms with Gasteiger partial charge in [-0.15, -0.1) is 0 Å². The minimum atomic E-state index is -0.0732. The second-order valence-electron chi connectivity index (χ2n) is 7.83. The molecule has 0 saturated carbocycles. The summed E-state index contributed by atoms with van der Waals surface area (Å²) in [6.45, 7) is 2.43. The van der Waals surface area contributed by atoms with Gasteiger partial charge in [-0.1, -0.05) is 13.0 Å². The molecule has 1 aliphatic heterocycles. The fourth-order valence-electron chi connectivity index (χ4n) is 3.86. The molecule has 0 spiro atoms. The van der Waals surface area contributed by atoms with E-state index >= 15 is 0 Å². The normalized spacial score (nSPS) is 16.2. The number of carbonyl (C=O) groups is 1. The Bertz CT molecular complexity index is 1350. The number of carbonyl (C=O) groups excluding carboxylic acids is 1. The Morgan fingerprint density at radius 1 is 1.22 bits per heavy atom. The lowest BCUT2D eigenvalue weighted by molar-refractivity contribution is -0.121. The first-order valence-corrected chi connectivity index (χ1v) is 10.3. The van der Waals surface area contributed by atoms with Gasteiger partial charge < -0.3 is 15.8 Å². The number of nitrogens with one attached hydrogen (secondary N) is 2. The number of aliphatic hydroxyl groups excluding tert-OH is 1. The first-order chi connectivity index (χ1) is 15.5. The maximum Gasteiger partial charge on any atom is 0.240 e. The fraction of sp³-hybridized carbons (Fsp3) is 0.227. The Hall–Kier alpha value is -4.05. The molecule has 1 aromatic carbocycles. The van der Waals surface area contributed by atoms with Crippen LogP contribution < -0.4 is 11.2 Å². The lowest BCUT2D eigenvalue weighted by Crippen LogP contribution is -2.31. The average Bonchev–Trinajstić information content (AvgIpc) is 3.41. The number of hydrogen-bond acceptors (Lipinski definition) is 7. The average molecular weight is 430 g/mol. The molecule has 1 aliphatic rings. The molecule has 0 bridgehead atoms. The van der Waals surface area contributed by atoms with Gasteiger partial charge in [-0.3, -0.25) is 9.48 Å². The van der Waals surface area contributed by atoms with Crippen LogP contribution in [-0.4, -0.2) is 48.1 Å². The number of rotatable bonds is 5. The molecule has 0 radical (unpaired) electrons. The number of hydrogen-bond donors (Lipinski definition) is 4. The van der Waals surface area contributed by atoms with Crippen molar-refractivity contribution in [1.29, 1.82) is 0 Å². The number of aliphatic hydroxyl groups is 1. The predicted octanol–water partition coefficient (Wildman–Crippen LogP) is 1.92. The largest absolute Gasteiger partial charge is 0.394 e. The van der Waals surface area contributed by atoms with Crippen molar-refractivity contribution >= 4 is 28.5 Å². The van der Waals surface area contributed by atoms with E-state index in [1.165, 1.54) is 0 Å².